The molecular formula is C16H15F2NO2. The molecule has 21 heavy (non-hydrogen) atoms. The Morgan fingerprint density at radius 1 is 1.10 bits per heavy atom. The Balaban J connectivity index is 2.37. The highest BCUT2D eigenvalue weighted by molar-refractivity contribution is 5.66. The highest BCUT2D eigenvalue weighted by Gasteiger charge is 2.25. The van der Waals surface area contributed by atoms with Gasteiger partial charge < -0.3 is 10.5 Å². The van der Waals surface area contributed by atoms with Crippen LogP contribution in [0.1, 0.15) is 19.4 Å². The van der Waals surface area contributed by atoms with Crippen molar-refractivity contribution >= 4 is 6.09 Å². The van der Waals surface area contributed by atoms with Gasteiger partial charge in [-0.2, -0.15) is 0 Å². The summed E-state index contributed by atoms with van der Waals surface area (Å²) in [7, 11) is 0. The molecule has 3 nitrogen and oxygen atoms in total. The maximum absolute atomic E-state index is 14.2. The number of amides is 1. The summed E-state index contributed by atoms with van der Waals surface area (Å²) in [6.45, 7) is 3.23. The van der Waals surface area contributed by atoms with Gasteiger partial charge >= 0.3 is 6.09 Å². The molecule has 0 radical (unpaired) electrons. The summed E-state index contributed by atoms with van der Waals surface area (Å²) in [6, 6.07) is 10.0. The van der Waals surface area contributed by atoms with Crippen LogP contribution in [0.15, 0.2) is 42.5 Å². The highest BCUT2D eigenvalue weighted by atomic mass is 19.1. The summed E-state index contributed by atoms with van der Waals surface area (Å²) in [4.78, 5) is 10.9. The zero-order valence-electron chi connectivity index (χ0n) is 11.7. The fourth-order valence-electron chi connectivity index (χ4n) is 2.06. The van der Waals surface area contributed by atoms with Gasteiger partial charge in [0.05, 0.1) is 0 Å². The fourth-order valence-corrected chi connectivity index (χ4v) is 2.06. The molecule has 0 aromatic heterocycles. The van der Waals surface area contributed by atoms with Gasteiger partial charge in [0.1, 0.15) is 17.2 Å². The van der Waals surface area contributed by atoms with Crippen LogP contribution in [0, 0.1) is 11.6 Å². The number of carbonyl (C=O) groups excluding carboxylic acids is 1. The second-order valence-electron chi connectivity index (χ2n) is 5.13. The van der Waals surface area contributed by atoms with Crippen LogP contribution in [0.25, 0.3) is 11.1 Å². The molecule has 0 saturated heterocycles. The van der Waals surface area contributed by atoms with Gasteiger partial charge in [-0.1, -0.05) is 24.3 Å². The van der Waals surface area contributed by atoms with Crippen LogP contribution in [0.2, 0.25) is 0 Å². The molecule has 2 rings (SSSR count). The minimum Gasteiger partial charge on any atom is -0.439 e. The molecule has 0 spiro atoms. The summed E-state index contributed by atoms with van der Waals surface area (Å²) in [5.74, 6) is -0.868. The van der Waals surface area contributed by atoms with E-state index in [9.17, 15) is 13.6 Å². The molecule has 2 N–H and O–H groups in total. The lowest BCUT2D eigenvalue weighted by molar-refractivity contribution is 0.0430. The van der Waals surface area contributed by atoms with Gasteiger partial charge in [0.25, 0.3) is 0 Å². The second kappa shape index (κ2) is 5.52. The first-order valence-electron chi connectivity index (χ1n) is 6.34. The topological polar surface area (TPSA) is 52.3 Å². The number of carbonyl (C=O) groups is 1. The summed E-state index contributed by atoms with van der Waals surface area (Å²) >= 11 is 0. The van der Waals surface area contributed by atoms with Crippen molar-refractivity contribution in [2.24, 2.45) is 5.73 Å². The molecule has 0 heterocycles. The van der Waals surface area contributed by atoms with Gasteiger partial charge in [-0.3, -0.25) is 0 Å². The lowest BCUT2D eigenvalue weighted by Crippen LogP contribution is -2.28. The molecule has 0 aliphatic rings. The van der Waals surface area contributed by atoms with E-state index in [1.54, 1.807) is 26.0 Å². The van der Waals surface area contributed by atoms with E-state index in [1.165, 1.54) is 30.3 Å². The number of hydrogen-bond donors (Lipinski definition) is 1. The van der Waals surface area contributed by atoms with E-state index in [2.05, 4.69) is 0 Å². The van der Waals surface area contributed by atoms with Gasteiger partial charge in [0.15, 0.2) is 0 Å². The van der Waals surface area contributed by atoms with E-state index in [0.29, 0.717) is 16.7 Å². The maximum Gasteiger partial charge on any atom is 0.405 e. The lowest BCUT2D eigenvalue weighted by atomic mass is 9.94. The Labute approximate surface area is 121 Å². The average Bonchev–Trinajstić information content (AvgIpc) is 2.38. The van der Waals surface area contributed by atoms with E-state index in [-0.39, 0.29) is 5.82 Å². The second-order valence-corrected chi connectivity index (χ2v) is 5.13. The molecule has 0 aliphatic heterocycles. The third-order valence-corrected chi connectivity index (χ3v) is 3.18. The Morgan fingerprint density at radius 2 is 1.71 bits per heavy atom. The minimum absolute atomic E-state index is 0.341. The van der Waals surface area contributed by atoms with Gasteiger partial charge in [-0.25, -0.2) is 13.6 Å². The van der Waals surface area contributed by atoms with Gasteiger partial charge in [0, 0.05) is 5.56 Å². The van der Waals surface area contributed by atoms with E-state index >= 15 is 0 Å². The molecule has 110 valence electrons. The standard InChI is InChI=1S/C16H15F2NO2/c1-16(2,21-15(19)20)11-5-8-13(14(18)9-11)10-3-6-12(17)7-4-10/h3-9H,1-2H3,(H2,19,20). The van der Waals surface area contributed by atoms with E-state index in [1.807, 2.05) is 0 Å². The smallest absolute Gasteiger partial charge is 0.405 e. The zero-order chi connectivity index (χ0) is 15.6. The van der Waals surface area contributed by atoms with Gasteiger partial charge in [0.2, 0.25) is 0 Å². The van der Waals surface area contributed by atoms with E-state index < -0.39 is 17.5 Å². The van der Waals surface area contributed by atoms with Crippen LogP contribution in [-0.2, 0) is 10.3 Å². The van der Waals surface area contributed by atoms with E-state index in [0.717, 1.165) is 0 Å². The van der Waals surface area contributed by atoms with Crippen molar-refractivity contribution in [1.82, 2.24) is 0 Å². The number of halogens is 2. The van der Waals surface area contributed by atoms with Gasteiger partial charge in [-0.05, 0) is 43.2 Å². The molecule has 2 aromatic rings. The number of primary amides is 1. The van der Waals surface area contributed by atoms with Crippen LogP contribution >= 0.6 is 0 Å². The summed E-state index contributed by atoms with van der Waals surface area (Å²) in [6.07, 6.45) is -0.928. The van der Waals surface area contributed by atoms with Crippen molar-refractivity contribution in [3.05, 3.63) is 59.7 Å². The number of ether oxygens (including phenoxy) is 1. The number of hydrogen-bond acceptors (Lipinski definition) is 2. The Bertz CT molecular complexity index is 666. The molecule has 0 atom stereocenters. The van der Waals surface area contributed by atoms with Crippen LogP contribution in [-0.4, -0.2) is 6.09 Å². The molecule has 0 fully saturated rings. The lowest BCUT2D eigenvalue weighted by Gasteiger charge is -2.24. The first-order chi connectivity index (χ1) is 9.79. The minimum atomic E-state index is -1.03. The van der Waals surface area contributed by atoms with Crippen molar-refractivity contribution in [2.45, 2.75) is 19.4 Å². The molecule has 1 amide bonds. The fraction of sp³-hybridized carbons (Fsp3) is 0.188. The molecule has 5 heteroatoms. The molecule has 0 aliphatic carbocycles. The first-order valence-corrected chi connectivity index (χ1v) is 6.34. The molecule has 0 bridgehead atoms. The number of nitrogens with two attached hydrogens (primary N) is 1. The van der Waals surface area contributed by atoms with Crippen LogP contribution in [0.3, 0.4) is 0 Å². The average molecular weight is 291 g/mol. The first kappa shape index (κ1) is 15.0. The molecule has 0 unspecified atom stereocenters. The van der Waals surface area contributed by atoms with Crippen molar-refractivity contribution in [3.63, 3.8) is 0 Å². The largest absolute Gasteiger partial charge is 0.439 e. The molecule has 2 aromatic carbocycles. The third-order valence-electron chi connectivity index (χ3n) is 3.18. The Morgan fingerprint density at radius 3 is 2.24 bits per heavy atom. The van der Waals surface area contributed by atoms with Crippen molar-refractivity contribution in [1.29, 1.82) is 0 Å². The Hall–Kier alpha value is -2.43. The zero-order valence-corrected chi connectivity index (χ0v) is 11.7. The van der Waals surface area contributed by atoms with Crippen molar-refractivity contribution in [3.8, 4) is 11.1 Å². The number of benzene rings is 2. The monoisotopic (exact) mass is 291 g/mol. The van der Waals surface area contributed by atoms with Crippen LogP contribution in [0.4, 0.5) is 13.6 Å². The predicted octanol–water partition coefficient (Wildman–Crippen LogP) is 3.96. The predicted molar refractivity (Wildman–Crippen MR) is 75.5 cm³/mol. The SMILES string of the molecule is CC(C)(OC(N)=O)c1ccc(-c2ccc(F)cc2)c(F)c1. The van der Waals surface area contributed by atoms with Crippen LogP contribution < -0.4 is 5.73 Å². The quantitative estimate of drug-likeness (QED) is 0.930. The van der Waals surface area contributed by atoms with Gasteiger partial charge in [-0.15, -0.1) is 0 Å². The van der Waals surface area contributed by atoms with E-state index in [4.69, 9.17) is 10.5 Å². The summed E-state index contributed by atoms with van der Waals surface area (Å²) in [5, 5.41) is 0. The normalized spacial score (nSPS) is 11.2. The maximum atomic E-state index is 14.2. The summed E-state index contributed by atoms with van der Waals surface area (Å²) < 4.78 is 32.1. The van der Waals surface area contributed by atoms with Crippen molar-refractivity contribution in [2.75, 3.05) is 0 Å². The van der Waals surface area contributed by atoms with Crippen LogP contribution in [0.5, 0.6) is 0 Å². The summed E-state index contributed by atoms with van der Waals surface area (Å²) in [5.41, 5.74) is 5.35. The van der Waals surface area contributed by atoms with Crippen molar-refractivity contribution < 1.29 is 18.3 Å². The number of rotatable bonds is 3. The molecular weight excluding hydrogens is 276 g/mol. The highest BCUT2D eigenvalue weighted by Crippen LogP contribution is 2.30. The third kappa shape index (κ3) is 3.37. The Kier molecular flexibility index (Phi) is 3.93. The molecule has 0 saturated carbocycles.